The van der Waals surface area contributed by atoms with Gasteiger partial charge in [0.05, 0.1) is 19.6 Å². The van der Waals surface area contributed by atoms with Crippen LogP contribution in [0.25, 0.3) is 0 Å². The molecule has 0 atom stereocenters. The first-order chi connectivity index (χ1) is 10.2. The molecule has 1 amide bonds. The Balaban J connectivity index is 1.96. The molecular weight excluding hydrogens is 266 g/mol. The molecule has 0 N–H and O–H groups in total. The predicted molar refractivity (Wildman–Crippen MR) is 82.3 cm³/mol. The van der Waals surface area contributed by atoms with Gasteiger partial charge in [-0.3, -0.25) is 4.79 Å². The molecule has 0 unspecified atom stereocenters. The molecule has 1 aliphatic carbocycles. The predicted octanol–water partition coefficient (Wildman–Crippen LogP) is 3.00. The molecule has 1 fully saturated rings. The molecule has 0 aromatic heterocycles. The molecule has 1 aromatic carbocycles. The monoisotopic (exact) mass is 291 g/mol. The summed E-state index contributed by atoms with van der Waals surface area (Å²) in [5.74, 6) is 1.06. The molecule has 0 aliphatic heterocycles. The fourth-order valence-electron chi connectivity index (χ4n) is 2.35. The van der Waals surface area contributed by atoms with Gasteiger partial charge in [0.15, 0.2) is 0 Å². The van der Waals surface area contributed by atoms with Crippen molar-refractivity contribution in [3.63, 3.8) is 0 Å². The van der Waals surface area contributed by atoms with E-state index in [0.29, 0.717) is 38.8 Å². The number of carbonyl (C=O) groups excluding carboxylic acids is 1. The minimum Gasteiger partial charge on any atom is -0.494 e. The average Bonchev–Trinajstić information content (AvgIpc) is 3.30. The van der Waals surface area contributed by atoms with Gasteiger partial charge in [0, 0.05) is 19.2 Å². The van der Waals surface area contributed by atoms with E-state index in [1.807, 2.05) is 43.0 Å². The van der Waals surface area contributed by atoms with Crippen LogP contribution in [0.3, 0.4) is 0 Å². The van der Waals surface area contributed by atoms with Crippen LogP contribution in [0.4, 0.5) is 0 Å². The fraction of sp³-hybridized carbons (Fsp3) is 0.588. The van der Waals surface area contributed by atoms with E-state index in [2.05, 4.69) is 0 Å². The van der Waals surface area contributed by atoms with Crippen molar-refractivity contribution in [2.24, 2.45) is 0 Å². The topological polar surface area (TPSA) is 38.8 Å². The number of ether oxygens (including phenoxy) is 2. The Morgan fingerprint density at radius 3 is 2.76 bits per heavy atom. The van der Waals surface area contributed by atoms with Gasteiger partial charge in [-0.25, -0.2) is 0 Å². The van der Waals surface area contributed by atoms with Crippen molar-refractivity contribution in [1.29, 1.82) is 0 Å². The van der Waals surface area contributed by atoms with E-state index in [4.69, 9.17) is 9.47 Å². The van der Waals surface area contributed by atoms with Crippen molar-refractivity contribution in [2.45, 2.75) is 45.7 Å². The van der Waals surface area contributed by atoms with Crippen molar-refractivity contribution in [2.75, 3.05) is 19.8 Å². The Labute approximate surface area is 127 Å². The second-order valence-electron chi connectivity index (χ2n) is 5.28. The van der Waals surface area contributed by atoms with Crippen LogP contribution in [0.2, 0.25) is 0 Å². The Hall–Kier alpha value is -1.55. The zero-order valence-corrected chi connectivity index (χ0v) is 13.0. The van der Waals surface area contributed by atoms with Crippen LogP contribution in [-0.4, -0.2) is 36.7 Å². The highest BCUT2D eigenvalue weighted by Crippen LogP contribution is 2.29. The summed E-state index contributed by atoms with van der Waals surface area (Å²) < 4.78 is 10.8. The lowest BCUT2D eigenvalue weighted by molar-refractivity contribution is -0.133. The maximum atomic E-state index is 12.3. The highest BCUT2D eigenvalue weighted by atomic mass is 16.5. The molecule has 116 valence electrons. The molecule has 0 spiro atoms. The Bertz CT molecular complexity index is 457. The summed E-state index contributed by atoms with van der Waals surface area (Å²) in [6.45, 7) is 6.41. The third-order valence-electron chi connectivity index (χ3n) is 3.53. The molecule has 0 heterocycles. The summed E-state index contributed by atoms with van der Waals surface area (Å²) in [6, 6.07) is 8.42. The van der Waals surface area contributed by atoms with Gasteiger partial charge in [0.2, 0.25) is 5.91 Å². The molecule has 0 bridgehead atoms. The molecule has 21 heavy (non-hydrogen) atoms. The number of benzene rings is 1. The van der Waals surface area contributed by atoms with E-state index in [1.165, 1.54) is 0 Å². The average molecular weight is 291 g/mol. The standard InChI is InChI=1S/C17H25NO3/c1-3-20-11-10-17(19)18(15-8-9-15)13-14-6-5-7-16(12-14)21-4-2/h5-7,12,15H,3-4,8-11,13H2,1-2H3. The van der Waals surface area contributed by atoms with Crippen LogP contribution in [0.15, 0.2) is 24.3 Å². The zero-order valence-electron chi connectivity index (χ0n) is 13.0. The first kappa shape index (κ1) is 15.8. The van der Waals surface area contributed by atoms with Crippen LogP contribution < -0.4 is 4.74 Å². The van der Waals surface area contributed by atoms with Crippen LogP contribution in [0, 0.1) is 0 Å². The molecule has 0 saturated heterocycles. The van der Waals surface area contributed by atoms with Gasteiger partial charge in [-0.05, 0) is 44.4 Å². The Morgan fingerprint density at radius 2 is 2.10 bits per heavy atom. The third-order valence-corrected chi connectivity index (χ3v) is 3.53. The molecule has 2 rings (SSSR count). The van der Waals surface area contributed by atoms with Crippen molar-refractivity contribution >= 4 is 5.91 Å². The minimum absolute atomic E-state index is 0.188. The summed E-state index contributed by atoms with van der Waals surface area (Å²) in [5.41, 5.74) is 1.12. The van der Waals surface area contributed by atoms with Crippen LogP contribution in [-0.2, 0) is 16.1 Å². The molecular formula is C17H25NO3. The van der Waals surface area contributed by atoms with Crippen molar-refractivity contribution in [1.82, 2.24) is 4.90 Å². The molecule has 1 aliphatic rings. The fourth-order valence-corrected chi connectivity index (χ4v) is 2.35. The van der Waals surface area contributed by atoms with E-state index in [9.17, 15) is 4.79 Å². The number of hydrogen-bond acceptors (Lipinski definition) is 3. The second kappa shape index (κ2) is 8.03. The minimum atomic E-state index is 0.188. The lowest BCUT2D eigenvalue weighted by Crippen LogP contribution is -2.33. The highest BCUT2D eigenvalue weighted by Gasteiger charge is 2.32. The first-order valence-electron chi connectivity index (χ1n) is 7.83. The summed E-state index contributed by atoms with van der Waals surface area (Å²) in [7, 11) is 0. The highest BCUT2D eigenvalue weighted by molar-refractivity contribution is 5.77. The van der Waals surface area contributed by atoms with Gasteiger partial charge in [-0.15, -0.1) is 0 Å². The maximum Gasteiger partial charge on any atom is 0.225 e. The largest absolute Gasteiger partial charge is 0.494 e. The van der Waals surface area contributed by atoms with E-state index >= 15 is 0 Å². The summed E-state index contributed by atoms with van der Waals surface area (Å²) in [5, 5.41) is 0. The number of carbonyl (C=O) groups is 1. The molecule has 1 aromatic rings. The molecule has 4 nitrogen and oxygen atoms in total. The van der Waals surface area contributed by atoms with Crippen LogP contribution in [0.5, 0.6) is 5.75 Å². The van der Waals surface area contributed by atoms with Crippen molar-refractivity contribution < 1.29 is 14.3 Å². The summed E-state index contributed by atoms with van der Waals surface area (Å²) >= 11 is 0. The van der Waals surface area contributed by atoms with Gasteiger partial charge in [-0.2, -0.15) is 0 Å². The third kappa shape index (κ3) is 5.05. The maximum absolute atomic E-state index is 12.3. The van der Waals surface area contributed by atoms with Gasteiger partial charge in [0.25, 0.3) is 0 Å². The number of hydrogen-bond donors (Lipinski definition) is 0. The van der Waals surface area contributed by atoms with Gasteiger partial charge in [-0.1, -0.05) is 12.1 Å². The van der Waals surface area contributed by atoms with Crippen molar-refractivity contribution in [3.8, 4) is 5.75 Å². The molecule has 4 heteroatoms. The second-order valence-corrected chi connectivity index (χ2v) is 5.28. The number of amides is 1. The number of rotatable bonds is 9. The first-order valence-corrected chi connectivity index (χ1v) is 7.83. The van der Waals surface area contributed by atoms with Crippen LogP contribution >= 0.6 is 0 Å². The van der Waals surface area contributed by atoms with E-state index in [0.717, 1.165) is 24.2 Å². The van der Waals surface area contributed by atoms with Gasteiger partial charge < -0.3 is 14.4 Å². The normalized spacial score (nSPS) is 14.0. The molecule has 1 saturated carbocycles. The Morgan fingerprint density at radius 1 is 1.29 bits per heavy atom. The zero-order chi connectivity index (χ0) is 15.1. The Kier molecular flexibility index (Phi) is 6.05. The lowest BCUT2D eigenvalue weighted by Gasteiger charge is -2.23. The van der Waals surface area contributed by atoms with E-state index < -0.39 is 0 Å². The van der Waals surface area contributed by atoms with Gasteiger partial charge >= 0.3 is 0 Å². The summed E-state index contributed by atoms with van der Waals surface area (Å²) in [6.07, 6.45) is 2.70. The quantitative estimate of drug-likeness (QED) is 0.657. The van der Waals surface area contributed by atoms with E-state index in [1.54, 1.807) is 0 Å². The summed E-state index contributed by atoms with van der Waals surface area (Å²) in [4.78, 5) is 14.3. The number of nitrogens with zero attached hydrogens (tertiary/aromatic N) is 1. The van der Waals surface area contributed by atoms with Gasteiger partial charge in [0.1, 0.15) is 5.75 Å². The van der Waals surface area contributed by atoms with Crippen LogP contribution in [0.1, 0.15) is 38.7 Å². The van der Waals surface area contributed by atoms with E-state index in [-0.39, 0.29) is 5.91 Å². The smallest absolute Gasteiger partial charge is 0.225 e. The lowest BCUT2D eigenvalue weighted by atomic mass is 10.2. The van der Waals surface area contributed by atoms with Crippen molar-refractivity contribution in [3.05, 3.63) is 29.8 Å². The molecule has 0 radical (unpaired) electrons. The SMILES string of the molecule is CCOCCC(=O)N(Cc1cccc(OCC)c1)C1CC1.